The lowest BCUT2D eigenvalue weighted by molar-refractivity contribution is -0.118. The zero-order valence-corrected chi connectivity index (χ0v) is 17.1. The molecular weight excluding hydrogens is 318 g/mol. The van der Waals surface area contributed by atoms with Gasteiger partial charge in [0.2, 0.25) is 0 Å². The first kappa shape index (κ1) is 20.6. The van der Waals surface area contributed by atoms with Crippen molar-refractivity contribution in [2.75, 3.05) is 19.6 Å². The molecule has 0 aromatic heterocycles. The molecule has 2 nitrogen and oxygen atoms in total. The number of hydrogen-bond acceptors (Lipinski definition) is 2. The molecule has 1 fully saturated rings. The Bertz CT molecular complexity index is 648. The summed E-state index contributed by atoms with van der Waals surface area (Å²) in [6, 6.07) is 6.51. The highest BCUT2D eigenvalue weighted by molar-refractivity contribution is 5.85. The number of allylic oxidation sites excluding steroid dienone is 2. The van der Waals surface area contributed by atoms with Crippen molar-refractivity contribution in [3.8, 4) is 0 Å². The zero-order valence-electron chi connectivity index (χ0n) is 17.1. The van der Waals surface area contributed by atoms with Crippen LogP contribution in [0, 0.1) is 0 Å². The van der Waals surface area contributed by atoms with E-state index in [1.54, 1.807) is 6.92 Å². The summed E-state index contributed by atoms with van der Waals surface area (Å²) in [6.45, 7) is 11.6. The third-order valence-corrected chi connectivity index (χ3v) is 5.53. The van der Waals surface area contributed by atoms with Crippen LogP contribution >= 0.6 is 0 Å². The minimum absolute atomic E-state index is 0.0656. The Morgan fingerprint density at radius 1 is 1.15 bits per heavy atom. The van der Waals surface area contributed by atoms with Gasteiger partial charge in [-0.1, -0.05) is 56.2 Å². The highest BCUT2D eigenvalue weighted by Crippen LogP contribution is 2.28. The molecule has 1 heterocycles. The lowest BCUT2D eigenvalue weighted by atomic mass is 9.88. The molecule has 1 saturated heterocycles. The summed E-state index contributed by atoms with van der Waals surface area (Å²) in [4.78, 5) is 14.6. The van der Waals surface area contributed by atoms with Crippen molar-refractivity contribution in [1.82, 2.24) is 4.90 Å². The summed E-state index contributed by atoms with van der Waals surface area (Å²) in [6.07, 6.45) is 13.0. The predicted octanol–water partition coefficient (Wildman–Crippen LogP) is 6.08. The number of ketones is 1. The summed E-state index contributed by atoms with van der Waals surface area (Å²) in [5.41, 5.74) is 4.82. The summed E-state index contributed by atoms with van der Waals surface area (Å²) in [5.74, 6) is 0.158. The van der Waals surface area contributed by atoms with Crippen molar-refractivity contribution in [2.45, 2.75) is 65.7 Å². The fourth-order valence-electron chi connectivity index (χ4n) is 3.75. The van der Waals surface area contributed by atoms with E-state index in [0.29, 0.717) is 0 Å². The fraction of sp³-hybridized carbons (Fsp3) is 0.542. The molecule has 1 atom stereocenters. The molecule has 1 unspecified atom stereocenters. The van der Waals surface area contributed by atoms with Crippen LogP contribution in [0.5, 0.6) is 0 Å². The maximum Gasteiger partial charge on any atom is 0.137 e. The van der Waals surface area contributed by atoms with E-state index in [-0.39, 0.29) is 11.7 Å². The van der Waals surface area contributed by atoms with Gasteiger partial charge in [-0.3, -0.25) is 4.79 Å². The Morgan fingerprint density at radius 2 is 1.85 bits per heavy atom. The molecule has 2 heteroatoms. The molecule has 2 rings (SSSR count). The second-order valence-corrected chi connectivity index (χ2v) is 7.61. The standard InChI is InChI=1S/C24H35NO/c1-5-11-22-13-14-23(24(18-22)20(3)21(4)26)19(2)12-10-17-25-15-8-6-7-9-16-25/h5,11-14,18,20H,6-10,15-17H2,1-4H3/b11-5+,19-12-. The van der Waals surface area contributed by atoms with Gasteiger partial charge in [-0.15, -0.1) is 0 Å². The Kier molecular flexibility index (Phi) is 8.31. The number of carbonyl (C=O) groups excluding carboxylic acids is 1. The van der Waals surface area contributed by atoms with Gasteiger partial charge in [0.05, 0.1) is 0 Å². The van der Waals surface area contributed by atoms with Gasteiger partial charge in [-0.05, 0) is 75.4 Å². The van der Waals surface area contributed by atoms with Crippen LogP contribution < -0.4 is 0 Å². The van der Waals surface area contributed by atoms with Crippen molar-refractivity contribution in [1.29, 1.82) is 0 Å². The average Bonchev–Trinajstić information content (AvgIpc) is 2.90. The van der Waals surface area contributed by atoms with Gasteiger partial charge < -0.3 is 4.90 Å². The second-order valence-electron chi connectivity index (χ2n) is 7.61. The van der Waals surface area contributed by atoms with Gasteiger partial charge in [-0.25, -0.2) is 0 Å². The van der Waals surface area contributed by atoms with Gasteiger partial charge in [0, 0.05) is 12.5 Å². The van der Waals surface area contributed by atoms with E-state index >= 15 is 0 Å². The highest BCUT2D eigenvalue weighted by atomic mass is 16.1. The van der Waals surface area contributed by atoms with Crippen LogP contribution in [0.3, 0.4) is 0 Å². The minimum atomic E-state index is -0.0656. The van der Waals surface area contributed by atoms with E-state index in [9.17, 15) is 4.79 Å². The van der Waals surface area contributed by atoms with Crippen molar-refractivity contribution in [3.05, 3.63) is 47.0 Å². The second kappa shape index (κ2) is 10.5. The Morgan fingerprint density at radius 3 is 2.46 bits per heavy atom. The number of likely N-dealkylation sites (tertiary alicyclic amines) is 1. The smallest absolute Gasteiger partial charge is 0.137 e. The molecule has 0 aliphatic carbocycles. The third-order valence-electron chi connectivity index (χ3n) is 5.53. The number of rotatable bonds is 7. The SMILES string of the molecule is C/C=C/c1ccc(/C(C)=C\CCN2CCCCCC2)c(C(C)C(C)=O)c1. The Hall–Kier alpha value is -1.67. The number of Topliss-reactive ketones (excluding diaryl/α,β-unsaturated/α-hetero) is 1. The number of carbonyl (C=O) groups is 1. The Labute approximate surface area is 160 Å². The molecule has 1 aliphatic rings. The molecule has 0 saturated carbocycles. The van der Waals surface area contributed by atoms with Crippen LogP contribution in [0.25, 0.3) is 11.6 Å². The van der Waals surface area contributed by atoms with Crippen LogP contribution in [-0.4, -0.2) is 30.3 Å². The quantitative estimate of drug-likeness (QED) is 0.592. The first-order valence-electron chi connectivity index (χ1n) is 10.2. The first-order valence-corrected chi connectivity index (χ1v) is 10.2. The van der Waals surface area contributed by atoms with Crippen molar-refractivity contribution in [2.24, 2.45) is 0 Å². The summed E-state index contributed by atoms with van der Waals surface area (Å²) in [5, 5.41) is 0. The topological polar surface area (TPSA) is 20.3 Å². The molecule has 0 amide bonds. The normalized spacial score (nSPS) is 18.1. The molecular formula is C24H35NO. The van der Waals surface area contributed by atoms with Crippen molar-refractivity contribution < 1.29 is 4.79 Å². The van der Waals surface area contributed by atoms with Crippen molar-refractivity contribution in [3.63, 3.8) is 0 Å². The summed E-state index contributed by atoms with van der Waals surface area (Å²) >= 11 is 0. The van der Waals surface area contributed by atoms with E-state index in [2.05, 4.69) is 42.2 Å². The molecule has 142 valence electrons. The molecule has 0 radical (unpaired) electrons. The van der Waals surface area contributed by atoms with Crippen LogP contribution in [0.2, 0.25) is 0 Å². The maximum atomic E-state index is 12.0. The lowest BCUT2D eigenvalue weighted by Crippen LogP contribution is -2.25. The maximum absolute atomic E-state index is 12.0. The van der Waals surface area contributed by atoms with Gasteiger partial charge >= 0.3 is 0 Å². The number of nitrogens with zero attached hydrogens (tertiary/aromatic N) is 1. The van der Waals surface area contributed by atoms with Gasteiger partial charge in [-0.2, -0.15) is 0 Å². The number of benzene rings is 1. The molecule has 0 spiro atoms. The minimum Gasteiger partial charge on any atom is -0.303 e. The first-order chi connectivity index (χ1) is 12.5. The predicted molar refractivity (Wildman–Crippen MR) is 113 cm³/mol. The van der Waals surface area contributed by atoms with Crippen LogP contribution in [-0.2, 0) is 4.79 Å². The third kappa shape index (κ3) is 5.95. The summed E-state index contributed by atoms with van der Waals surface area (Å²) < 4.78 is 0. The van der Waals surface area contributed by atoms with Crippen molar-refractivity contribution >= 4 is 17.4 Å². The molecule has 0 N–H and O–H groups in total. The van der Waals surface area contributed by atoms with E-state index < -0.39 is 0 Å². The fourth-order valence-corrected chi connectivity index (χ4v) is 3.75. The number of hydrogen-bond donors (Lipinski definition) is 0. The monoisotopic (exact) mass is 353 g/mol. The molecule has 1 aromatic carbocycles. The largest absolute Gasteiger partial charge is 0.303 e. The highest BCUT2D eigenvalue weighted by Gasteiger charge is 2.16. The van der Waals surface area contributed by atoms with E-state index in [0.717, 1.165) is 24.1 Å². The molecule has 1 aliphatic heterocycles. The van der Waals surface area contributed by atoms with Gasteiger partial charge in [0.1, 0.15) is 5.78 Å². The van der Waals surface area contributed by atoms with Gasteiger partial charge in [0.15, 0.2) is 0 Å². The van der Waals surface area contributed by atoms with E-state index in [4.69, 9.17) is 0 Å². The zero-order chi connectivity index (χ0) is 18.9. The van der Waals surface area contributed by atoms with E-state index in [1.807, 2.05) is 19.9 Å². The van der Waals surface area contributed by atoms with Crippen LogP contribution in [0.1, 0.15) is 82.4 Å². The van der Waals surface area contributed by atoms with Crippen LogP contribution in [0.15, 0.2) is 30.4 Å². The summed E-state index contributed by atoms with van der Waals surface area (Å²) in [7, 11) is 0. The van der Waals surface area contributed by atoms with E-state index in [1.165, 1.54) is 49.9 Å². The average molecular weight is 354 g/mol. The lowest BCUT2D eigenvalue weighted by Gasteiger charge is -2.19. The Balaban J connectivity index is 2.15. The van der Waals surface area contributed by atoms with Crippen LogP contribution in [0.4, 0.5) is 0 Å². The molecule has 26 heavy (non-hydrogen) atoms. The molecule has 1 aromatic rings. The van der Waals surface area contributed by atoms with Gasteiger partial charge in [0.25, 0.3) is 0 Å². The molecule has 0 bridgehead atoms.